The van der Waals surface area contributed by atoms with Crippen LogP contribution in [-0.2, 0) is 0 Å². The van der Waals surface area contributed by atoms with Crippen LogP contribution >= 0.6 is 0 Å². The Kier molecular flexibility index (Phi) is 6.04. The Labute approximate surface area is 279 Å². The van der Waals surface area contributed by atoms with Crippen molar-refractivity contribution in [3.63, 3.8) is 0 Å². The van der Waals surface area contributed by atoms with E-state index in [1.165, 1.54) is 54.6 Å². The van der Waals surface area contributed by atoms with Crippen LogP contribution in [0.5, 0.6) is 5.75 Å². The first-order valence-electron chi connectivity index (χ1n) is 16.7. The number of nitrogens with zero attached hydrogens (tertiary/aromatic N) is 1. The van der Waals surface area contributed by atoms with Gasteiger partial charge >= 0.3 is 0 Å². The van der Waals surface area contributed by atoms with Crippen molar-refractivity contribution >= 4 is 49.4 Å². The van der Waals surface area contributed by atoms with Crippen LogP contribution in [0.2, 0.25) is 0 Å². The molecule has 2 heteroatoms. The predicted octanol–water partition coefficient (Wildman–Crippen LogP) is 12.3. The van der Waals surface area contributed by atoms with E-state index in [9.17, 15) is 0 Å². The van der Waals surface area contributed by atoms with Crippen molar-refractivity contribution in [1.82, 2.24) is 0 Å². The maximum atomic E-state index is 6.39. The molecular formula is C46H31NO. The predicted molar refractivity (Wildman–Crippen MR) is 200 cm³/mol. The summed E-state index contributed by atoms with van der Waals surface area (Å²) in [6, 6.07) is 50.8. The molecule has 3 aliphatic rings. The lowest BCUT2D eigenvalue weighted by Gasteiger charge is -2.28. The first-order chi connectivity index (χ1) is 23.8. The number of ether oxygens (including phenoxy) is 1. The Hall–Kier alpha value is -6.12. The number of allylic oxidation sites excluding steroid dienone is 8. The molecule has 0 fully saturated rings. The molecule has 7 aromatic carbocycles. The van der Waals surface area contributed by atoms with Gasteiger partial charge in [-0.15, -0.1) is 0 Å². The molecule has 2 aliphatic carbocycles. The fraction of sp³-hybridized carbons (Fsp3) is 0.0435. The van der Waals surface area contributed by atoms with E-state index in [1.54, 1.807) is 0 Å². The molecule has 226 valence electrons. The van der Waals surface area contributed by atoms with Gasteiger partial charge in [0.15, 0.2) is 0 Å². The van der Waals surface area contributed by atoms with Crippen LogP contribution in [0.3, 0.4) is 0 Å². The van der Waals surface area contributed by atoms with Crippen LogP contribution in [0.25, 0.3) is 43.4 Å². The monoisotopic (exact) mass is 613 g/mol. The zero-order valence-corrected chi connectivity index (χ0v) is 26.3. The molecule has 0 amide bonds. The van der Waals surface area contributed by atoms with Crippen molar-refractivity contribution in [2.75, 3.05) is 4.90 Å². The molecule has 0 bridgehead atoms. The summed E-state index contributed by atoms with van der Waals surface area (Å²) in [4.78, 5) is 2.35. The molecule has 48 heavy (non-hydrogen) atoms. The normalized spacial score (nSPS) is 17.4. The third kappa shape index (κ3) is 4.27. The molecule has 10 rings (SSSR count). The topological polar surface area (TPSA) is 12.5 Å². The van der Waals surface area contributed by atoms with E-state index in [4.69, 9.17) is 4.74 Å². The Bertz CT molecular complexity index is 2530. The lowest BCUT2D eigenvalue weighted by Crippen LogP contribution is -2.17. The number of benzene rings is 7. The summed E-state index contributed by atoms with van der Waals surface area (Å²) in [5.41, 5.74) is 8.33. The molecule has 2 nitrogen and oxygen atoms in total. The molecule has 0 radical (unpaired) electrons. The minimum absolute atomic E-state index is 0.184. The number of hydrogen-bond acceptors (Lipinski definition) is 2. The number of para-hydroxylation sites is 1. The summed E-state index contributed by atoms with van der Waals surface area (Å²) in [6.07, 6.45) is 13.1. The van der Waals surface area contributed by atoms with Crippen LogP contribution in [-0.4, -0.2) is 0 Å². The van der Waals surface area contributed by atoms with E-state index in [0.717, 1.165) is 28.6 Å². The van der Waals surface area contributed by atoms with Gasteiger partial charge in [0.25, 0.3) is 0 Å². The van der Waals surface area contributed by atoms with Crippen molar-refractivity contribution < 1.29 is 4.74 Å². The second-order valence-corrected chi connectivity index (χ2v) is 12.9. The minimum atomic E-state index is 0.184. The van der Waals surface area contributed by atoms with Crippen molar-refractivity contribution in [2.24, 2.45) is 5.92 Å². The SMILES string of the molecule is C1=CC2=CC=C3Oc4ccc(N(c5ccccc5)c5ccc(-c6ccc7c(ccc8ccc9ccccc9c87)c6)cc5)cc4C3C2C=C1. The molecule has 0 saturated heterocycles. The molecule has 2 unspecified atom stereocenters. The van der Waals surface area contributed by atoms with E-state index < -0.39 is 0 Å². The second kappa shape index (κ2) is 10.7. The van der Waals surface area contributed by atoms with Gasteiger partial charge in [0.05, 0.1) is 5.92 Å². The average Bonchev–Trinajstić information content (AvgIpc) is 3.54. The summed E-state index contributed by atoms with van der Waals surface area (Å²) in [5, 5.41) is 7.72. The smallest absolute Gasteiger partial charge is 0.131 e. The second-order valence-electron chi connectivity index (χ2n) is 12.9. The summed E-state index contributed by atoms with van der Waals surface area (Å²) < 4.78 is 6.39. The highest BCUT2D eigenvalue weighted by Crippen LogP contribution is 2.52. The van der Waals surface area contributed by atoms with Gasteiger partial charge < -0.3 is 9.64 Å². The maximum absolute atomic E-state index is 6.39. The van der Waals surface area contributed by atoms with E-state index >= 15 is 0 Å². The summed E-state index contributed by atoms with van der Waals surface area (Å²) in [5.74, 6) is 2.45. The van der Waals surface area contributed by atoms with Crippen molar-refractivity contribution in [3.8, 4) is 16.9 Å². The molecule has 0 N–H and O–H groups in total. The standard InChI is InChI=1S/C46H31NO/c1-2-10-36(11-3-1)47(38-24-27-43-42(29-38)46-40-13-7-5-9-32(40)21-26-44(46)48-43)37-22-18-30(19-23-37)34-20-25-41-35(28-34)17-16-33-15-14-31-8-4-6-12-39(31)45(33)41/h1-29,40,46H. The third-order valence-electron chi connectivity index (χ3n) is 10.2. The van der Waals surface area contributed by atoms with Gasteiger partial charge in [0, 0.05) is 28.5 Å². The van der Waals surface area contributed by atoms with Gasteiger partial charge in [-0.2, -0.15) is 0 Å². The Morgan fingerprint density at radius 1 is 0.521 bits per heavy atom. The first kappa shape index (κ1) is 27.0. The van der Waals surface area contributed by atoms with Gasteiger partial charge in [-0.1, -0.05) is 121 Å². The molecule has 1 heterocycles. The molecule has 1 aliphatic heterocycles. The summed E-state index contributed by atoms with van der Waals surface area (Å²) >= 11 is 0. The van der Waals surface area contributed by atoms with Crippen molar-refractivity contribution in [2.45, 2.75) is 5.92 Å². The van der Waals surface area contributed by atoms with Gasteiger partial charge in [0.2, 0.25) is 0 Å². The quantitative estimate of drug-likeness (QED) is 0.183. The van der Waals surface area contributed by atoms with Crippen LogP contribution in [0.15, 0.2) is 187 Å². The zero-order valence-electron chi connectivity index (χ0n) is 26.3. The van der Waals surface area contributed by atoms with E-state index in [2.05, 4.69) is 181 Å². The van der Waals surface area contributed by atoms with Gasteiger partial charge in [-0.25, -0.2) is 0 Å². The van der Waals surface area contributed by atoms with Gasteiger partial charge in [0.1, 0.15) is 11.5 Å². The number of hydrogen-bond donors (Lipinski definition) is 0. The Morgan fingerprint density at radius 2 is 1.25 bits per heavy atom. The van der Waals surface area contributed by atoms with Crippen LogP contribution < -0.4 is 9.64 Å². The van der Waals surface area contributed by atoms with Crippen molar-refractivity contribution in [1.29, 1.82) is 0 Å². The Balaban J connectivity index is 1.03. The van der Waals surface area contributed by atoms with Gasteiger partial charge in [-0.3, -0.25) is 0 Å². The fourth-order valence-corrected chi connectivity index (χ4v) is 7.93. The first-order valence-corrected chi connectivity index (χ1v) is 16.7. The van der Waals surface area contributed by atoms with E-state index in [-0.39, 0.29) is 11.8 Å². The highest BCUT2D eigenvalue weighted by molar-refractivity contribution is 6.20. The van der Waals surface area contributed by atoms with Crippen molar-refractivity contribution in [3.05, 3.63) is 193 Å². The van der Waals surface area contributed by atoms with Crippen LogP contribution in [0.1, 0.15) is 11.5 Å². The lowest BCUT2D eigenvalue weighted by atomic mass is 9.76. The largest absolute Gasteiger partial charge is 0.461 e. The van der Waals surface area contributed by atoms with Crippen LogP contribution in [0.4, 0.5) is 17.1 Å². The number of rotatable bonds is 4. The summed E-state index contributed by atoms with van der Waals surface area (Å²) in [6.45, 7) is 0. The average molecular weight is 614 g/mol. The van der Waals surface area contributed by atoms with E-state index in [0.29, 0.717) is 0 Å². The molecule has 0 saturated carbocycles. The molecule has 0 aromatic heterocycles. The number of fused-ring (bicyclic) bond motifs is 10. The molecule has 2 atom stereocenters. The zero-order chi connectivity index (χ0) is 31.6. The minimum Gasteiger partial charge on any atom is -0.461 e. The van der Waals surface area contributed by atoms with Gasteiger partial charge in [-0.05, 0) is 104 Å². The van der Waals surface area contributed by atoms with E-state index in [1.807, 2.05) is 0 Å². The molecule has 0 spiro atoms. The third-order valence-corrected chi connectivity index (χ3v) is 10.2. The van der Waals surface area contributed by atoms with Crippen LogP contribution in [0, 0.1) is 5.92 Å². The summed E-state index contributed by atoms with van der Waals surface area (Å²) in [7, 11) is 0. The number of anilines is 3. The highest BCUT2D eigenvalue weighted by atomic mass is 16.5. The lowest BCUT2D eigenvalue weighted by molar-refractivity contribution is 0.409. The Morgan fingerprint density at radius 3 is 2.15 bits per heavy atom. The molecular weight excluding hydrogens is 583 g/mol. The highest BCUT2D eigenvalue weighted by Gasteiger charge is 2.38. The molecule has 7 aromatic rings. The fourth-order valence-electron chi connectivity index (χ4n) is 7.93. The maximum Gasteiger partial charge on any atom is 0.131 e.